The van der Waals surface area contributed by atoms with Crippen molar-refractivity contribution in [3.8, 4) is 0 Å². The Morgan fingerprint density at radius 2 is 1.94 bits per heavy atom. The normalized spacial score (nSPS) is 17.5. The lowest BCUT2D eigenvalue weighted by molar-refractivity contribution is -0.432. The summed E-state index contributed by atoms with van der Waals surface area (Å²) in [7, 11) is 0. The summed E-state index contributed by atoms with van der Waals surface area (Å²) >= 11 is 7.08. The predicted molar refractivity (Wildman–Crippen MR) is 81.4 cm³/mol. The molecule has 17 heavy (non-hydrogen) atoms. The van der Waals surface area contributed by atoms with Gasteiger partial charge in [-0.3, -0.25) is 0 Å². The highest BCUT2D eigenvalue weighted by atomic mass is 79.9. The molecule has 0 unspecified atom stereocenters. The molecule has 92 valence electrons. The van der Waals surface area contributed by atoms with Gasteiger partial charge in [-0.25, -0.2) is 0 Å². The van der Waals surface area contributed by atoms with Crippen LogP contribution in [0.2, 0.25) is 0 Å². The number of benzene rings is 1. The van der Waals surface area contributed by atoms with Gasteiger partial charge in [0.15, 0.2) is 12.3 Å². The third-order valence-electron chi connectivity index (χ3n) is 3.80. The summed E-state index contributed by atoms with van der Waals surface area (Å²) in [4.78, 5) is 0. The Bertz CT molecular complexity index is 475. The van der Waals surface area contributed by atoms with E-state index in [0.717, 1.165) is 17.2 Å². The third-order valence-corrected chi connectivity index (χ3v) is 4.80. The third kappa shape index (κ3) is 2.12. The van der Waals surface area contributed by atoms with Crippen LogP contribution in [0.25, 0.3) is 0 Å². The first-order chi connectivity index (χ1) is 8.02. The van der Waals surface area contributed by atoms with Gasteiger partial charge in [0.25, 0.3) is 0 Å². The molecule has 0 fully saturated rings. The van der Waals surface area contributed by atoms with Crippen molar-refractivity contribution in [3.63, 3.8) is 0 Å². The Morgan fingerprint density at radius 1 is 1.24 bits per heavy atom. The molecule has 0 amide bonds. The van der Waals surface area contributed by atoms with Crippen molar-refractivity contribution in [1.29, 1.82) is 0 Å². The van der Waals surface area contributed by atoms with Crippen LogP contribution < -0.4 is 0 Å². The Morgan fingerprint density at radius 3 is 2.53 bits per heavy atom. The van der Waals surface area contributed by atoms with Gasteiger partial charge in [0.2, 0.25) is 5.69 Å². The van der Waals surface area contributed by atoms with Crippen molar-refractivity contribution >= 4 is 43.3 Å². The van der Waals surface area contributed by atoms with Crippen LogP contribution in [-0.2, 0) is 10.7 Å². The van der Waals surface area contributed by atoms with Crippen LogP contribution in [0.1, 0.15) is 31.9 Å². The van der Waals surface area contributed by atoms with E-state index in [2.05, 4.69) is 75.4 Å². The maximum Gasteiger partial charge on any atom is 0.209 e. The molecule has 0 saturated heterocycles. The molecule has 0 radical (unpaired) electrons. The number of hydrogen-bond donors (Lipinski definition) is 0. The van der Waals surface area contributed by atoms with Crippen molar-refractivity contribution in [3.05, 3.63) is 29.3 Å². The van der Waals surface area contributed by atoms with Crippen LogP contribution in [0.3, 0.4) is 0 Å². The lowest BCUT2D eigenvalue weighted by Crippen LogP contribution is -2.26. The molecule has 0 aliphatic carbocycles. The molecule has 0 saturated carbocycles. The minimum absolute atomic E-state index is 0.155. The zero-order valence-electron chi connectivity index (χ0n) is 10.6. The van der Waals surface area contributed by atoms with E-state index >= 15 is 0 Å². The number of hydrogen-bond acceptors (Lipinski definition) is 0. The molecular formula is C14H18Br2N+. The molecule has 0 N–H and O–H groups in total. The fraction of sp³-hybridized carbons (Fsp3) is 0.500. The number of rotatable bonds is 3. The molecule has 3 heteroatoms. The van der Waals surface area contributed by atoms with E-state index in [1.165, 1.54) is 22.5 Å². The van der Waals surface area contributed by atoms with E-state index in [0.29, 0.717) is 0 Å². The molecule has 0 atom stereocenters. The highest BCUT2D eigenvalue weighted by Gasteiger charge is 2.42. The summed E-state index contributed by atoms with van der Waals surface area (Å²) in [6.07, 6.45) is 0. The fourth-order valence-corrected chi connectivity index (χ4v) is 3.20. The summed E-state index contributed by atoms with van der Waals surface area (Å²) in [6, 6.07) is 6.81. The van der Waals surface area contributed by atoms with E-state index < -0.39 is 0 Å². The van der Waals surface area contributed by atoms with E-state index in [1.807, 2.05) is 0 Å². The van der Waals surface area contributed by atoms with Gasteiger partial charge in [-0.05, 0) is 19.4 Å². The minimum atomic E-state index is 0.155. The van der Waals surface area contributed by atoms with E-state index in [-0.39, 0.29) is 5.41 Å². The Labute approximate surface area is 120 Å². The second-order valence-electron chi connectivity index (χ2n) is 5.04. The Hall–Kier alpha value is -0.150. The van der Waals surface area contributed by atoms with Crippen LogP contribution in [0.4, 0.5) is 5.69 Å². The van der Waals surface area contributed by atoms with Gasteiger partial charge in [0.1, 0.15) is 0 Å². The number of halogens is 2. The fourth-order valence-electron chi connectivity index (χ4n) is 2.50. The largest absolute Gasteiger partial charge is 0.209 e. The van der Waals surface area contributed by atoms with E-state index in [4.69, 9.17) is 0 Å². The van der Waals surface area contributed by atoms with Gasteiger partial charge in [-0.1, -0.05) is 44.0 Å². The molecule has 1 aliphatic rings. The number of fused-ring (bicyclic) bond motifs is 1. The van der Waals surface area contributed by atoms with Crippen LogP contribution in [0.15, 0.2) is 18.2 Å². The summed E-state index contributed by atoms with van der Waals surface area (Å²) in [6.45, 7) is 7.90. The highest BCUT2D eigenvalue weighted by molar-refractivity contribution is 9.09. The molecule has 1 nitrogen and oxygen atoms in total. The zero-order valence-corrected chi connectivity index (χ0v) is 13.7. The maximum absolute atomic E-state index is 3.55. The summed E-state index contributed by atoms with van der Waals surface area (Å²) in [5, 5.41) is 1.92. The van der Waals surface area contributed by atoms with Crippen molar-refractivity contribution in [2.45, 2.75) is 31.5 Å². The van der Waals surface area contributed by atoms with Gasteiger partial charge >= 0.3 is 0 Å². The van der Waals surface area contributed by atoms with Crippen LogP contribution >= 0.6 is 31.9 Å². The standard InChI is InChI=1S/C14H18Br2N/c1-10-14(2,3)12-5-4-11(9-16)8-13(12)17(10)7-6-15/h4-5,8H,6-7,9H2,1-3H3/q+1. The highest BCUT2D eigenvalue weighted by Crippen LogP contribution is 2.40. The van der Waals surface area contributed by atoms with Gasteiger partial charge in [-0.2, -0.15) is 4.58 Å². The predicted octanol–water partition coefficient (Wildman–Crippen LogP) is 4.37. The van der Waals surface area contributed by atoms with E-state index in [1.54, 1.807) is 0 Å². The van der Waals surface area contributed by atoms with Gasteiger partial charge in [0, 0.05) is 23.9 Å². The molecule has 1 heterocycles. The van der Waals surface area contributed by atoms with Crippen molar-refractivity contribution in [1.82, 2.24) is 0 Å². The quantitative estimate of drug-likeness (QED) is 0.556. The Balaban J connectivity index is 2.59. The monoisotopic (exact) mass is 358 g/mol. The molecule has 1 aromatic carbocycles. The van der Waals surface area contributed by atoms with Crippen LogP contribution in [0, 0.1) is 0 Å². The summed E-state index contributed by atoms with van der Waals surface area (Å²) in [5.74, 6) is 0. The van der Waals surface area contributed by atoms with Crippen LogP contribution in [-0.4, -0.2) is 22.2 Å². The summed E-state index contributed by atoms with van der Waals surface area (Å²) in [5.41, 5.74) is 5.76. The molecule has 2 rings (SSSR count). The first-order valence-corrected chi connectivity index (χ1v) is 8.13. The Kier molecular flexibility index (Phi) is 3.79. The first-order valence-electron chi connectivity index (χ1n) is 5.89. The molecule has 0 spiro atoms. The topological polar surface area (TPSA) is 3.01 Å². The smallest absolute Gasteiger partial charge is 0.198 e. The van der Waals surface area contributed by atoms with Gasteiger partial charge in [-0.15, -0.1) is 0 Å². The summed E-state index contributed by atoms with van der Waals surface area (Å²) < 4.78 is 2.44. The number of nitrogens with zero attached hydrogens (tertiary/aromatic N) is 1. The zero-order chi connectivity index (χ0) is 12.6. The maximum atomic E-state index is 3.55. The van der Waals surface area contributed by atoms with Crippen LogP contribution in [0.5, 0.6) is 0 Å². The van der Waals surface area contributed by atoms with Crippen molar-refractivity contribution < 1.29 is 4.58 Å². The second kappa shape index (κ2) is 4.85. The van der Waals surface area contributed by atoms with Crippen molar-refractivity contribution in [2.24, 2.45) is 0 Å². The van der Waals surface area contributed by atoms with Crippen molar-refractivity contribution in [2.75, 3.05) is 11.9 Å². The lowest BCUT2D eigenvalue weighted by Gasteiger charge is -2.14. The SMILES string of the molecule is CC1=[N+](CCBr)c2cc(CBr)ccc2C1(C)C. The molecular weight excluding hydrogens is 342 g/mol. The second-order valence-corrected chi connectivity index (χ2v) is 6.39. The average Bonchev–Trinajstić information content (AvgIpc) is 2.51. The van der Waals surface area contributed by atoms with Gasteiger partial charge in [0.05, 0.1) is 10.7 Å². The van der Waals surface area contributed by atoms with E-state index in [9.17, 15) is 0 Å². The molecule has 0 bridgehead atoms. The lowest BCUT2D eigenvalue weighted by atomic mass is 9.82. The van der Waals surface area contributed by atoms with Gasteiger partial charge < -0.3 is 0 Å². The average molecular weight is 360 g/mol. The molecule has 1 aliphatic heterocycles. The number of alkyl halides is 2. The molecule has 1 aromatic rings. The first kappa shape index (κ1) is 13.3. The minimum Gasteiger partial charge on any atom is -0.198 e. The molecule has 0 aromatic heterocycles.